The second-order valence-electron chi connectivity index (χ2n) is 15.9. The molecule has 0 radical (unpaired) electrons. The number of allylic oxidation sites excluding steroid dienone is 2. The molecule has 1 aromatic carbocycles. The molecule has 3 amide bonds. The zero-order valence-corrected chi connectivity index (χ0v) is 31.6. The predicted octanol–water partition coefficient (Wildman–Crippen LogP) is 7.29. The number of benzene rings is 1. The monoisotopic (exact) mass is 690 g/mol. The molecule has 0 unspecified atom stereocenters. The number of hydrogen-bond donors (Lipinski definition) is 2. The van der Waals surface area contributed by atoms with Crippen LogP contribution in [-0.4, -0.2) is 71.3 Å². The summed E-state index contributed by atoms with van der Waals surface area (Å²) in [5.41, 5.74) is 2.49. The Balaban J connectivity index is 1.47. The molecule has 49 heavy (non-hydrogen) atoms. The first-order chi connectivity index (χ1) is 23.0. The van der Waals surface area contributed by atoms with Crippen molar-refractivity contribution < 1.29 is 23.9 Å². The molecule has 1 aliphatic heterocycles. The fraction of sp³-hybridized carbons (Fsp3) is 0.595. The van der Waals surface area contributed by atoms with Crippen LogP contribution >= 0.6 is 0 Å². The Kier molecular flexibility index (Phi) is 12.1. The number of amides is 3. The number of rotatable bonds is 11. The summed E-state index contributed by atoms with van der Waals surface area (Å²) < 4.78 is 12.9. The van der Waals surface area contributed by atoms with Gasteiger partial charge in [-0.1, -0.05) is 31.8 Å². The molecule has 11 nitrogen and oxygen atoms in total. The predicted molar refractivity (Wildman–Crippen MR) is 194 cm³/mol. The van der Waals surface area contributed by atoms with Crippen molar-refractivity contribution in [3.63, 3.8) is 0 Å². The second kappa shape index (κ2) is 15.7. The lowest BCUT2D eigenvalue weighted by Gasteiger charge is -2.37. The van der Waals surface area contributed by atoms with Gasteiger partial charge in [-0.05, 0) is 108 Å². The van der Waals surface area contributed by atoms with Crippen LogP contribution in [-0.2, 0) is 21.0 Å². The van der Waals surface area contributed by atoms with Gasteiger partial charge in [-0.25, -0.2) is 9.78 Å². The van der Waals surface area contributed by atoms with Gasteiger partial charge in [-0.3, -0.25) is 9.59 Å². The zero-order valence-electron chi connectivity index (χ0n) is 30.6. The van der Waals surface area contributed by atoms with E-state index >= 15 is 0 Å². The number of hydrogen-bond acceptors (Lipinski definition) is 7. The van der Waals surface area contributed by atoms with Gasteiger partial charge in [0.1, 0.15) is 23.9 Å². The van der Waals surface area contributed by atoms with E-state index in [9.17, 15) is 19.6 Å². The number of ether oxygens (including phenoxy) is 2. The third-order valence-electron chi connectivity index (χ3n) is 8.85. The summed E-state index contributed by atoms with van der Waals surface area (Å²) in [5.74, 6) is -0.153. The maximum atomic E-state index is 13.7. The van der Waals surface area contributed by atoms with Gasteiger partial charge in [0.15, 0.2) is 5.69 Å². The quantitative estimate of drug-likeness (QED) is 0.187. The van der Waals surface area contributed by atoms with Crippen LogP contribution in [0, 0.1) is 11.3 Å². The highest BCUT2D eigenvalue weighted by atomic mass is 28.3. The molecule has 2 aliphatic rings. The molecular weight excluding hydrogens is 637 g/mol. The Bertz CT molecular complexity index is 1590. The molecule has 2 aromatic rings. The van der Waals surface area contributed by atoms with Gasteiger partial charge < -0.3 is 29.6 Å². The van der Waals surface area contributed by atoms with Crippen molar-refractivity contribution in [2.45, 2.75) is 123 Å². The molecule has 1 aromatic heterocycles. The fourth-order valence-electron chi connectivity index (χ4n) is 6.17. The van der Waals surface area contributed by atoms with Crippen molar-refractivity contribution in [2.24, 2.45) is 0 Å². The molecule has 1 saturated heterocycles. The third-order valence-corrected chi connectivity index (χ3v) is 10.6. The summed E-state index contributed by atoms with van der Waals surface area (Å²) in [6.07, 6.45) is 8.92. The maximum Gasteiger partial charge on any atom is 0.408 e. The van der Waals surface area contributed by atoms with Crippen LogP contribution in [0.1, 0.15) is 107 Å². The molecule has 0 bridgehead atoms. The molecule has 4 rings (SSSR count). The first kappa shape index (κ1) is 37.9. The van der Waals surface area contributed by atoms with Crippen LogP contribution in [0.15, 0.2) is 30.5 Å². The molecule has 0 spiro atoms. The van der Waals surface area contributed by atoms with Gasteiger partial charge in [0.25, 0.3) is 5.91 Å². The highest BCUT2D eigenvalue weighted by molar-refractivity contribution is 6.76. The number of aromatic nitrogens is 2. The minimum Gasteiger partial charge on any atom is -0.444 e. The molecule has 12 heteroatoms. The number of imidazole rings is 1. The van der Waals surface area contributed by atoms with Gasteiger partial charge >= 0.3 is 6.09 Å². The lowest BCUT2D eigenvalue weighted by Crippen LogP contribution is -2.57. The van der Waals surface area contributed by atoms with Crippen molar-refractivity contribution in [3.05, 3.63) is 53.1 Å². The number of nitriles is 1. The largest absolute Gasteiger partial charge is 0.444 e. The first-order valence-electron chi connectivity index (χ1n) is 17.5. The van der Waals surface area contributed by atoms with Crippen molar-refractivity contribution in [3.8, 4) is 6.07 Å². The molecule has 266 valence electrons. The lowest BCUT2D eigenvalue weighted by molar-refractivity contribution is -0.138. The van der Waals surface area contributed by atoms with Gasteiger partial charge in [-0.2, -0.15) is 5.26 Å². The minimum atomic E-state index is -1.27. The summed E-state index contributed by atoms with van der Waals surface area (Å²) in [4.78, 5) is 45.6. The summed E-state index contributed by atoms with van der Waals surface area (Å²) >= 11 is 0. The van der Waals surface area contributed by atoms with Crippen LogP contribution in [0.4, 0.5) is 10.5 Å². The smallest absolute Gasteiger partial charge is 0.408 e. The average Bonchev–Trinajstić information content (AvgIpc) is 3.45. The SMILES string of the molecule is CC(C)(C)OC(=O)NC(C)(C)C(=O)N1CCC(c2ccc(NC(=O)c3nc(C#N)cn3COCC[Si](C)(C)C)c(C3=CCCCC3)c2)CC1. The van der Waals surface area contributed by atoms with Gasteiger partial charge in [0.05, 0.1) is 0 Å². The molecular formula is C37H54N6O5Si. The van der Waals surface area contributed by atoms with E-state index in [1.165, 1.54) is 11.1 Å². The van der Waals surface area contributed by atoms with Crippen LogP contribution < -0.4 is 10.6 Å². The highest BCUT2D eigenvalue weighted by Gasteiger charge is 2.37. The van der Waals surface area contributed by atoms with Gasteiger partial charge in [0, 0.05) is 45.2 Å². The van der Waals surface area contributed by atoms with E-state index in [1.807, 2.05) is 17.0 Å². The van der Waals surface area contributed by atoms with E-state index in [0.29, 0.717) is 25.4 Å². The summed E-state index contributed by atoms with van der Waals surface area (Å²) in [6.45, 7) is 17.5. The van der Waals surface area contributed by atoms with Crippen molar-refractivity contribution in [1.82, 2.24) is 19.8 Å². The van der Waals surface area contributed by atoms with E-state index in [4.69, 9.17) is 9.47 Å². The standard InChI is InChI=1S/C37H54N6O5Si/c1-36(2,3)48-35(46)41-37(4,5)34(45)42-18-16-26(17-19-42)28-14-15-31(30(22-28)27-12-10-9-11-13-27)40-33(44)32-39-29(23-38)24-43(32)25-47-20-21-49(6,7)8/h12,14-15,22,24,26H,9-11,13,16-21,25H2,1-8H3,(H,40,44)(H,41,46). The molecule has 1 aliphatic carbocycles. The number of piperidine rings is 1. The Morgan fingerprint density at radius 2 is 1.80 bits per heavy atom. The lowest BCUT2D eigenvalue weighted by atomic mass is 9.85. The van der Waals surface area contributed by atoms with Crippen LogP contribution in [0.5, 0.6) is 0 Å². The fourth-order valence-corrected chi connectivity index (χ4v) is 6.92. The van der Waals surface area contributed by atoms with Crippen LogP contribution in [0.25, 0.3) is 5.57 Å². The van der Waals surface area contributed by atoms with Gasteiger partial charge in [-0.15, -0.1) is 0 Å². The number of carbonyl (C=O) groups excluding carboxylic acids is 3. The maximum absolute atomic E-state index is 13.7. The zero-order chi connectivity index (χ0) is 36.0. The number of carbonyl (C=O) groups is 3. The van der Waals surface area contributed by atoms with E-state index in [1.54, 1.807) is 45.4 Å². The van der Waals surface area contributed by atoms with E-state index in [2.05, 4.69) is 53.5 Å². The van der Waals surface area contributed by atoms with Crippen molar-refractivity contribution >= 4 is 37.2 Å². The average molecular weight is 691 g/mol. The number of anilines is 1. The molecule has 1 fully saturated rings. The molecule has 0 saturated carbocycles. The molecule has 2 N–H and O–H groups in total. The topological polar surface area (TPSA) is 139 Å². The van der Waals surface area contributed by atoms with E-state index in [-0.39, 0.29) is 30.1 Å². The van der Waals surface area contributed by atoms with Crippen LogP contribution in [0.3, 0.4) is 0 Å². The number of alkyl carbamates (subject to hydrolysis) is 1. The summed E-state index contributed by atoms with van der Waals surface area (Å²) in [7, 11) is -1.27. The number of likely N-dealkylation sites (tertiary alicyclic amines) is 1. The normalized spacial score (nSPS) is 16.1. The summed E-state index contributed by atoms with van der Waals surface area (Å²) in [6, 6.07) is 9.26. The Hall–Kier alpha value is -3.95. The van der Waals surface area contributed by atoms with Crippen LogP contribution in [0.2, 0.25) is 25.7 Å². The first-order valence-corrected chi connectivity index (χ1v) is 21.2. The summed E-state index contributed by atoms with van der Waals surface area (Å²) in [5, 5.41) is 15.3. The Labute approximate surface area is 292 Å². The van der Waals surface area contributed by atoms with E-state index < -0.39 is 31.2 Å². The third kappa shape index (κ3) is 10.8. The Morgan fingerprint density at radius 3 is 2.41 bits per heavy atom. The van der Waals surface area contributed by atoms with Crippen molar-refractivity contribution in [1.29, 1.82) is 5.26 Å². The minimum absolute atomic E-state index is 0.137. The number of nitrogens with zero attached hydrogens (tertiary/aromatic N) is 4. The molecule has 0 atom stereocenters. The second-order valence-corrected chi connectivity index (χ2v) is 21.6. The Morgan fingerprint density at radius 1 is 1.08 bits per heavy atom. The molecule has 2 heterocycles. The highest BCUT2D eigenvalue weighted by Crippen LogP contribution is 2.37. The van der Waals surface area contributed by atoms with Crippen molar-refractivity contribution in [2.75, 3.05) is 25.0 Å². The number of nitrogens with one attached hydrogen (secondary N) is 2. The van der Waals surface area contributed by atoms with E-state index in [0.717, 1.165) is 50.1 Å². The van der Waals surface area contributed by atoms with Gasteiger partial charge in [0.2, 0.25) is 11.7 Å².